The molecular formula is C5H8N3O2S. The van der Waals surface area contributed by atoms with Crippen molar-refractivity contribution in [1.29, 1.82) is 0 Å². The first-order valence-electron chi connectivity index (χ1n) is 2.97. The highest BCUT2D eigenvalue weighted by Gasteiger charge is 2.20. The van der Waals surface area contributed by atoms with E-state index in [1.807, 2.05) is 0 Å². The van der Waals surface area contributed by atoms with Gasteiger partial charge in [0.15, 0.2) is 0 Å². The van der Waals surface area contributed by atoms with Gasteiger partial charge in [-0.3, -0.25) is 0 Å². The molecule has 0 amide bonds. The minimum atomic E-state index is -3.24. The number of rotatable bonds is 3. The molecule has 11 heavy (non-hydrogen) atoms. The van der Waals surface area contributed by atoms with E-state index in [-0.39, 0.29) is 12.4 Å². The summed E-state index contributed by atoms with van der Waals surface area (Å²) in [4.78, 5) is 0. The molecular weight excluding hydrogens is 166 g/mol. The van der Waals surface area contributed by atoms with E-state index in [1.54, 1.807) is 0 Å². The van der Waals surface area contributed by atoms with E-state index in [1.165, 1.54) is 12.4 Å². The van der Waals surface area contributed by atoms with E-state index < -0.39 is 10.0 Å². The van der Waals surface area contributed by atoms with Crippen LogP contribution in [0.15, 0.2) is 17.8 Å². The zero-order valence-electron chi connectivity index (χ0n) is 5.84. The lowest BCUT2D eigenvalue weighted by Gasteiger charge is -2.10. The highest BCUT2D eigenvalue weighted by molar-refractivity contribution is 7.89. The summed E-state index contributed by atoms with van der Waals surface area (Å²) < 4.78 is 23.4. The van der Waals surface area contributed by atoms with Gasteiger partial charge in [0.1, 0.15) is 13.0 Å². The molecule has 1 aliphatic rings. The quantitative estimate of drug-likeness (QED) is 0.532. The van der Waals surface area contributed by atoms with E-state index in [9.17, 15) is 8.42 Å². The number of hydrogen-bond acceptors (Lipinski definition) is 3. The van der Waals surface area contributed by atoms with E-state index >= 15 is 0 Å². The Bertz CT molecular complexity index is 269. The molecule has 0 aromatic rings. The normalized spacial score (nSPS) is 16.5. The molecule has 0 aromatic carbocycles. The second-order valence-corrected chi connectivity index (χ2v) is 3.93. The first-order chi connectivity index (χ1) is 5.17. The molecule has 1 rings (SSSR count). The minimum Gasteiger partial charge on any atom is -0.235 e. The Labute approximate surface area is 65.4 Å². The van der Waals surface area contributed by atoms with Gasteiger partial charge in [0.2, 0.25) is 10.0 Å². The smallest absolute Gasteiger partial charge is 0.235 e. The molecule has 61 valence electrons. The molecule has 6 heteroatoms. The lowest BCUT2D eigenvalue weighted by Crippen LogP contribution is -2.30. The standard InChI is InChI=1S/C5H8N3O2S/c1-2-3-11(9,10)8-4-6-7-5-8/h2,4H,1,3,5H2. The zero-order chi connectivity index (χ0) is 8.32. The summed E-state index contributed by atoms with van der Waals surface area (Å²) in [6.45, 7) is 3.43. The summed E-state index contributed by atoms with van der Waals surface area (Å²) in [6, 6.07) is 0. The van der Waals surface area contributed by atoms with Gasteiger partial charge < -0.3 is 0 Å². The van der Waals surface area contributed by atoms with Gasteiger partial charge in [-0.1, -0.05) is 6.08 Å². The van der Waals surface area contributed by atoms with Gasteiger partial charge in [-0.15, -0.1) is 11.7 Å². The monoisotopic (exact) mass is 174 g/mol. The van der Waals surface area contributed by atoms with Crippen molar-refractivity contribution in [2.45, 2.75) is 0 Å². The highest BCUT2D eigenvalue weighted by Crippen LogP contribution is 2.01. The van der Waals surface area contributed by atoms with Crippen LogP contribution in [-0.2, 0) is 10.0 Å². The van der Waals surface area contributed by atoms with Crippen LogP contribution in [0.2, 0.25) is 0 Å². The van der Waals surface area contributed by atoms with Gasteiger partial charge in [0.05, 0.1) is 5.75 Å². The van der Waals surface area contributed by atoms with Crippen LogP contribution < -0.4 is 5.43 Å². The molecule has 1 aliphatic heterocycles. The number of nitrogens with zero attached hydrogens (tertiary/aromatic N) is 3. The zero-order valence-corrected chi connectivity index (χ0v) is 6.66. The van der Waals surface area contributed by atoms with Gasteiger partial charge in [0, 0.05) is 0 Å². The molecule has 0 saturated carbocycles. The summed E-state index contributed by atoms with van der Waals surface area (Å²) in [6.07, 6.45) is 2.53. The maximum atomic E-state index is 11.1. The van der Waals surface area contributed by atoms with Gasteiger partial charge >= 0.3 is 0 Å². The van der Waals surface area contributed by atoms with Crippen molar-refractivity contribution < 1.29 is 8.42 Å². The van der Waals surface area contributed by atoms with Gasteiger partial charge in [-0.2, -0.15) is 5.43 Å². The molecule has 0 aliphatic carbocycles. The lowest BCUT2D eigenvalue weighted by molar-refractivity contribution is 0.524. The summed E-state index contributed by atoms with van der Waals surface area (Å²) in [5.74, 6) is -0.0749. The summed E-state index contributed by atoms with van der Waals surface area (Å²) in [7, 11) is -3.24. The van der Waals surface area contributed by atoms with E-state index in [0.717, 1.165) is 4.31 Å². The molecule has 0 spiro atoms. The summed E-state index contributed by atoms with van der Waals surface area (Å²) in [5, 5.41) is 3.43. The molecule has 0 fully saturated rings. The first-order valence-corrected chi connectivity index (χ1v) is 4.58. The first kappa shape index (κ1) is 8.06. The molecule has 0 aromatic heterocycles. The average molecular weight is 174 g/mol. The molecule has 0 atom stereocenters. The van der Waals surface area contributed by atoms with E-state index in [2.05, 4.69) is 17.1 Å². The summed E-state index contributed by atoms with van der Waals surface area (Å²) >= 11 is 0. The predicted molar refractivity (Wildman–Crippen MR) is 41.3 cm³/mol. The molecule has 1 radical (unpaired) electrons. The van der Waals surface area contributed by atoms with Crippen molar-refractivity contribution in [3.63, 3.8) is 0 Å². The largest absolute Gasteiger partial charge is 0.241 e. The topological polar surface area (TPSA) is 63.8 Å². The maximum Gasteiger partial charge on any atom is 0.241 e. The molecule has 0 saturated heterocycles. The Morgan fingerprint density at radius 1 is 1.73 bits per heavy atom. The van der Waals surface area contributed by atoms with Crippen LogP contribution in [0.5, 0.6) is 0 Å². The number of sulfonamides is 1. The fourth-order valence-electron chi connectivity index (χ4n) is 0.634. The second-order valence-electron chi connectivity index (χ2n) is 1.97. The third kappa shape index (κ3) is 1.70. The molecule has 5 nitrogen and oxygen atoms in total. The van der Waals surface area contributed by atoms with Crippen LogP contribution in [0.4, 0.5) is 0 Å². The van der Waals surface area contributed by atoms with Crippen LogP contribution in [0.1, 0.15) is 0 Å². The van der Waals surface area contributed by atoms with Crippen molar-refractivity contribution in [3.05, 3.63) is 12.7 Å². The Balaban J connectivity index is 2.72. The van der Waals surface area contributed by atoms with Crippen molar-refractivity contribution >= 4 is 16.4 Å². The third-order valence-corrected chi connectivity index (χ3v) is 2.73. The molecule has 0 unspecified atom stereocenters. The van der Waals surface area contributed by atoms with Crippen molar-refractivity contribution in [3.8, 4) is 0 Å². The Kier molecular flexibility index (Phi) is 2.13. The molecule has 0 N–H and O–H groups in total. The van der Waals surface area contributed by atoms with Crippen molar-refractivity contribution in [1.82, 2.24) is 9.73 Å². The average Bonchev–Trinajstić information content (AvgIpc) is 2.37. The molecule has 0 bridgehead atoms. The Morgan fingerprint density at radius 2 is 2.45 bits per heavy atom. The van der Waals surface area contributed by atoms with E-state index in [4.69, 9.17) is 0 Å². The Morgan fingerprint density at radius 3 is 2.91 bits per heavy atom. The van der Waals surface area contributed by atoms with Crippen LogP contribution in [0.3, 0.4) is 0 Å². The van der Waals surface area contributed by atoms with Gasteiger partial charge in [-0.25, -0.2) is 12.7 Å². The predicted octanol–water partition coefficient (Wildman–Crippen LogP) is -0.677. The third-order valence-electron chi connectivity index (χ3n) is 1.15. The summed E-state index contributed by atoms with van der Waals surface area (Å²) in [5.41, 5.74) is 3.50. The van der Waals surface area contributed by atoms with Crippen LogP contribution in [0.25, 0.3) is 0 Å². The van der Waals surface area contributed by atoms with Gasteiger partial charge in [0.25, 0.3) is 0 Å². The molecule has 1 heterocycles. The maximum absolute atomic E-state index is 11.1. The SMILES string of the molecule is C=CCS(=O)(=O)N1C=N[N]C1. The highest BCUT2D eigenvalue weighted by atomic mass is 32.2. The number of hydrogen-bond donors (Lipinski definition) is 0. The van der Waals surface area contributed by atoms with Crippen molar-refractivity contribution in [2.24, 2.45) is 5.10 Å². The Hall–Kier alpha value is -1.04. The lowest BCUT2D eigenvalue weighted by atomic mass is 10.8. The van der Waals surface area contributed by atoms with Crippen LogP contribution in [0, 0.1) is 0 Å². The van der Waals surface area contributed by atoms with Gasteiger partial charge in [-0.05, 0) is 0 Å². The van der Waals surface area contributed by atoms with Crippen LogP contribution >= 0.6 is 0 Å². The van der Waals surface area contributed by atoms with E-state index in [0.29, 0.717) is 0 Å². The second kappa shape index (κ2) is 2.91. The van der Waals surface area contributed by atoms with Crippen LogP contribution in [-0.4, -0.2) is 31.5 Å². The minimum absolute atomic E-state index is 0.0749. The fraction of sp³-hybridized carbons (Fsp3) is 0.400. The fourth-order valence-corrected chi connectivity index (χ4v) is 1.54. The van der Waals surface area contributed by atoms with Crippen molar-refractivity contribution in [2.75, 3.05) is 12.4 Å².